The monoisotopic (exact) mass is 827 g/mol. The van der Waals surface area contributed by atoms with Gasteiger partial charge in [0.25, 0.3) is 0 Å². The van der Waals surface area contributed by atoms with Gasteiger partial charge < -0.3 is 70.1 Å². The second kappa shape index (κ2) is 23.2. The molecule has 324 valence electrons. The highest BCUT2D eigenvalue weighted by Gasteiger charge is 2.35. The SMILES string of the molecule is Cc1cc(=O)oc2cc(NC(=O)[C@H](CCCN=C(N)N)NC(=O)[C@H](CCCCN)NC(=O)[C@@H](NC(=O)[C@H](CCCN=C(N)N)NC(=O)[C@@H]3CCC(=O)N3)[C@H](C)O)ccc12. The summed E-state index contributed by atoms with van der Waals surface area (Å²) in [7, 11) is 0. The van der Waals surface area contributed by atoms with E-state index >= 15 is 0 Å². The first-order valence-corrected chi connectivity index (χ1v) is 19.3. The van der Waals surface area contributed by atoms with Crippen LogP contribution in [-0.2, 0) is 28.8 Å². The van der Waals surface area contributed by atoms with Gasteiger partial charge in [-0.25, -0.2) is 4.79 Å². The highest BCUT2D eigenvalue weighted by molar-refractivity contribution is 6.00. The van der Waals surface area contributed by atoms with Crippen LogP contribution in [0.1, 0.15) is 70.3 Å². The number of aliphatic imine (C=N–C) groups is 2. The summed E-state index contributed by atoms with van der Waals surface area (Å²) in [6.45, 7) is 3.55. The Morgan fingerprint density at radius 1 is 0.814 bits per heavy atom. The Balaban J connectivity index is 1.81. The van der Waals surface area contributed by atoms with Gasteiger partial charge in [-0.05, 0) is 89.5 Å². The minimum absolute atomic E-state index is 0.0211. The maximum atomic E-state index is 13.9. The lowest BCUT2D eigenvalue weighted by atomic mass is 10.0. The lowest BCUT2D eigenvalue weighted by molar-refractivity contribution is -0.136. The first-order valence-electron chi connectivity index (χ1n) is 19.3. The molecule has 1 fully saturated rings. The molecule has 3 rings (SSSR count). The van der Waals surface area contributed by atoms with E-state index in [2.05, 4.69) is 41.9 Å². The highest BCUT2D eigenvalue weighted by atomic mass is 16.4. The van der Waals surface area contributed by atoms with E-state index < -0.39 is 71.5 Å². The summed E-state index contributed by atoms with van der Waals surface area (Å²) in [6.07, 6.45) is 0.391. The molecule has 2 heterocycles. The van der Waals surface area contributed by atoms with Crippen molar-refractivity contribution >= 4 is 64.0 Å². The van der Waals surface area contributed by atoms with Gasteiger partial charge >= 0.3 is 5.63 Å². The van der Waals surface area contributed by atoms with Crippen molar-refractivity contribution < 1.29 is 38.3 Å². The second-order valence-electron chi connectivity index (χ2n) is 14.2. The third kappa shape index (κ3) is 15.5. The van der Waals surface area contributed by atoms with Crippen LogP contribution in [0.4, 0.5) is 5.69 Å². The Morgan fingerprint density at radius 2 is 1.39 bits per heavy atom. The van der Waals surface area contributed by atoms with E-state index in [1.807, 2.05) is 0 Å². The topological polar surface area (TPSA) is 380 Å². The van der Waals surface area contributed by atoms with Crippen LogP contribution >= 0.6 is 0 Å². The quantitative estimate of drug-likeness (QED) is 0.0228. The summed E-state index contributed by atoms with van der Waals surface area (Å²) in [5, 5.41) is 26.9. The fourth-order valence-corrected chi connectivity index (χ4v) is 6.21. The van der Waals surface area contributed by atoms with Gasteiger partial charge in [0.1, 0.15) is 35.8 Å². The summed E-state index contributed by atoms with van der Waals surface area (Å²) in [5.41, 5.74) is 28.0. The molecule has 17 N–H and O–H groups in total. The molecule has 1 aliphatic rings. The molecule has 1 saturated heterocycles. The van der Waals surface area contributed by atoms with Crippen molar-refractivity contribution in [2.45, 2.75) is 108 Å². The fraction of sp³-hybridized carbons (Fsp3) is 0.541. The molecule has 1 aromatic heterocycles. The van der Waals surface area contributed by atoms with Gasteiger partial charge in [0.2, 0.25) is 35.4 Å². The second-order valence-corrected chi connectivity index (χ2v) is 14.2. The summed E-state index contributed by atoms with van der Waals surface area (Å²) < 4.78 is 5.30. The lowest BCUT2D eigenvalue weighted by Gasteiger charge is -2.28. The van der Waals surface area contributed by atoms with Gasteiger partial charge in [0.15, 0.2) is 11.9 Å². The number of unbranched alkanes of at least 4 members (excludes halogenated alkanes) is 1. The largest absolute Gasteiger partial charge is 0.423 e. The molecule has 59 heavy (non-hydrogen) atoms. The van der Waals surface area contributed by atoms with Gasteiger partial charge in [-0.2, -0.15) is 0 Å². The maximum Gasteiger partial charge on any atom is 0.336 e. The van der Waals surface area contributed by atoms with Crippen LogP contribution in [0.15, 0.2) is 43.5 Å². The molecule has 0 radical (unpaired) electrons. The molecule has 0 bridgehead atoms. The number of fused-ring (bicyclic) bond motifs is 1. The van der Waals surface area contributed by atoms with E-state index in [4.69, 9.17) is 33.1 Å². The molecule has 2 aromatic rings. The molecule has 6 atom stereocenters. The number of benzene rings is 1. The van der Waals surface area contributed by atoms with Crippen LogP contribution in [0.2, 0.25) is 0 Å². The average molecular weight is 828 g/mol. The third-order valence-corrected chi connectivity index (χ3v) is 9.33. The number of guanidine groups is 2. The molecular weight excluding hydrogens is 770 g/mol. The van der Waals surface area contributed by atoms with Crippen molar-refractivity contribution in [3.05, 3.63) is 40.2 Å². The van der Waals surface area contributed by atoms with Gasteiger partial charge in [-0.15, -0.1) is 0 Å². The van der Waals surface area contributed by atoms with E-state index in [9.17, 15) is 38.7 Å². The number of aliphatic hydroxyl groups is 1. The first kappa shape index (κ1) is 47.1. The summed E-state index contributed by atoms with van der Waals surface area (Å²) in [5.74, 6) is -4.42. The summed E-state index contributed by atoms with van der Waals surface area (Å²) in [6, 6.07) is -0.0301. The molecule has 22 heteroatoms. The molecule has 22 nitrogen and oxygen atoms in total. The minimum atomic E-state index is -1.61. The van der Waals surface area contributed by atoms with Crippen molar-refractivity contribution in [3.8, 4) is 0 Å². The van der Waals surface area contributed by atoms with Crippen LogP contribution in [0.3, 0.4) is 0 Å². The normalized spacial score (nSPS) is 16.0. The summed E-state index contributed by atoms with van der Waals surface area (Å²) >= 11 is 0. The number of anilines is 1. The Morgan fingerprint density at radius 3 is 1.97 bits per heavy atom. The van der Waals surface area contributed by atoms with Crippen LogP contribution in [0, 0.1) is 6.92 Å². The minimum Gasteiger partial charge on any atom is -0.423 e. The van der Waals surface area contributed by atoms with E-state index in [1.165, 1.54) is 19.1 Å². The molecular formula is C37H57N13O9. The third-order valence-electron chi connectivity index (χ3n) is 9.33. The van der Waals surface area contributed by atoms with Crippen LogP contribution in [-0.4, -0.2) is 108 Å². The Bertz CT molecular complexity index is 1930. The standard InChI is InChI=1S/C37H57N13O9/c1-19-17-29(53)59-27-18-21(10-11-22(19)27)45-31(54)24(8-5-15-43-36(39)40)47-32(55)23(7-3-4-14-38)49-35(58)30(20(2)51)50-34(57)25(9-6-16-44-37(41)42)48-33(56)26-12-13-28(52)46-26/h10-11,17-18,20,23-26,30,51H,3-9,12-16,38H2,1-2H3,(H,45,54)(H,46,52)(H,47,55)(H,48,56)(H,49,58)(H,50,57)(H4,39,40,43)(H4,41,42,44)/t20-,23-,24-,25-,26-,30-/m0/s1. The number of amides is 6. The number of carbonyl (C=O) groups excluding carboxylic acids is 6. The zero-order chi connectivity index (χ0) is 43.6. The molecule has 1 aromatic carbocycles. The lowest BCUT2D eigenvalue weighted by Crippen LogP contribution is -2.61. The molecule has 1 aliphatic heterocycles. The first-order chi connectivity index (χ1) is 28.0. The number of nitrogens with zero attached hydrogens (tertiary/aromatic N) is 2. The van der Waals surface area contributed by atoms with Gasteiger partial charge in [-0.3, -0.25) is 38.8 Å². The van der Waals surface area contributed by atoms with Crippen molar-refractivity contribution in [3.63, 3.8) is 0 Å². The van der Waals surface area contributed by atoms with Crippen LogP contribution in [0.5, 0.6) is 0 Å². The number of hydrogen-bond donors (Lipinski definition) is 12. The number of aryl methyl sites for hydroxylation is 1. The van der Waals surface area contributed by atoms with Crippen molar-refractivity contribution in [2.24, 2.45) is 38.7 Å². The van der Waals surface area contributed by atoms with Gasteiger partial charge in [0, 0.05) is 42.7 Å². The molecule has 0 aliphatic carbocycles. The van der Waals surface area contributed by atoms with Crippen LogP contribution in [0.25, 0.3) is 11.0 Å². The maximum absolute atomic E-state index is 13.9. The number of rotatable bonds is 23. The predicted octanol–water partition coefficient (Wildman–Crippen LogP) is -3.13. The Hall–Kier alpha value is -6.29. The number of nitrogens with two attached hydrogens (primary N) is 5. The van der Waals surface area contributed by atoms with Crippen LogP contribution < -0.4 is 66.2 Å². The zero-order valence-electron chi connectivity index (χ0n) is 33.3. The van der Waals surface area contributed by atoms with E-state index in [-0.39, 0.29) is 93.7 Å². The average Bonchev–Trinajstić information content (AvgIpc) is 3.61. The molecule has 0 unspecified atom stereocenters. The number of aliphatic hydroxyl groups excluding tert-OH is 1. The smallest absolute Gasteiger partial charge is 0.336 e. The molecule has 6 amide bonds. The number of nitrogens with one attached hydrogen (secondary N) is 6. The van der Waals surface area contributed by atoms with Crippen molar-refractivity contribution in [1.29, 1.82) is 0 Å². The zero-order valence-corrected chi connectivity index (χ0v) is 33.3. The number of hydrogen-bond acceptors (Lipinski definition) is 12. The fourth-order valence-electron chi connectivity index (χ4n) is 6.21. The van der Waals surface area contributed by atoms with E-state index in [0.29, 0.717) is 23.8 Å². The molecule has 0 spiro atoms. The Labute approximate surface area is 340 Å². The van der Waals surface area contributed by atoms with E-state index in [1.54, 1.807) is 19.1 Å². The van der Waals surface area contributed by atoms with Gasteiger partial charge in [0.05, 0.1) is 6.10 Å². The van der Waals surface area contributed by atoms with Gasteiger partial charge in [-0.1, -0.05) is 0 Å². The molecule has 0 saturated carbocycles. The highest BCUT2D eigenvalue weighted by Crippen LogP contribution is 2.21. The Kier molecular flexibility index (Phi) is 18.5. The summed E-state index contributed by atoms with van der Waals surface area (Å²) in [4.78, 5) is 99.4. The van der Waals surface area contributed by atoms with Crippen molar-refractivity contribution in [1.82, 2.24) is 26.6 Å². The van der Waals surface area contributed by atoms with Crippen molar-refractivity contribution in [2.75, 3.05) is 25.0 Å². The predicted molar refractivity (Wildman–Crippen MR) is 219 cm³/mol. The number of carbonyl (C=O) groups is 6. The van der Waals surface area contributed by atoms with E-state index in [0.717, 1.165) is 0 Å².